The molecule has 4 rings (SSSR count). The standard InChI is InChI=1S/C18H12N2O/c1-3-9-15-13(7-1)18(20-17-11-5-6-12-19-17)14-8-2-4-10-16(14)21-15/h1-12H. The van der Waals surface area contributed by atoms with Gasteiger partial charge in [-0.2, -0.15) is 0 Å². The second-order valence-electron chi connectivity index (χ2n) is 4.74. The highest BCUT2D eigenvalue weighted by atomic mass is 16.3. The maximum Gasteiger partial charge on any atom is 0.152 e. The van der Waals surface area contributed by atoms with Gasteiger partial charge in [0.25, 0.3) is 0 Å². The highest BCUT2D eigenvalue weighted by molar-refractivity contribution is 5.89. The van der Waals surface area contributed by atoms with Crippen molar-refractivity contribution in [2.24, 2.45) is 4.99 Å². The van der Waals surface area contributed by atoms with Gasteiger partial charge >= 0.3 is 0 Å². The Hall–Kier alpha value is -2.94. The second kappa shape index (κ2) is 4.87. The Labute approximate surface area is 121 Å². The Morgan fingerprint density at radius 2 is 1.33 bits per heavy atom. The number of hydrogen-bond donors (Lipinski definition) is 0. The van der Waals surface area contributed by atoms with Gasteiger partial charge in [0.2, 0.25) is 0 Å². The summed E-state index contributed by atoms with van der Waals surface area (Å²) in [6.07, 6.45) is 1.75. The zero-order valence-electron chi connectivity index (χ0n) is 11.2. The van der Waals surface area contributed by atoms with Crippen LogP contribution in [0.1, 0.15) is 0 Å². The summed E-state index contributed by atoms with van der Waals surface area (Å²) in [6, 6.07) is 21.6. The van der Waals surface area contributed by atoms with Gasteiger partial charge in [-0.3, -0.25) is 0 Å². The van der Waals surface area contributed by atoms with Crippen molar-refractivity contribution in [3.05, 3.63) is 78.3 Å². The van der Waals surface area contributed by atoms with E-state index in [0.717, 1.165) is 27.3 Å². The van der Waals surface area contributed by atoms with E-state index in [4.69, 9.17) is 9.41 Å². The molecule has 2 aromatic carbocycles. The molecular formula is C18H12N2O. The van der Waals surface area contributed by atoms with Crippen LogP contribution in [-0.4, -0.2) is 4.98 Å². The molecule has 0 bridgehead atoms. The Kier molecular flexibility index (Phi) is 2.75. The molecular weight excluding hydrogens is 260 g/mol. The zero-order chi connectivity index (χ0) is 14.1. The molecule has 21 heavy (non-hydrogen) atoms. The van der Waals surface area contributed by atoms with E-state index in [9.17, 15) is 0 Å². The number of fused-ring (bicyclic) bond motifs is 2. The van der Waals surface area contributed by atoms with Gasteiger partial charge in [-0.25, -0.2) is 9.98 Å². The third-order valence-electron chi connectivity index (χ3n) is 3.38. The van der Waals surface area contributed by atoms with Crippen LogP contribution in [0.3, 0.4) is 0 Å². The monoisotopic (exact) mass is 272 g/mol. The van der Waals surface area contributed by atoms with Crippen LogP contribution in [0, 0.1) is 0 Å². The molecule has 4 aromatic rings. The van der Waals surface area contributed by atoms with Crippen molar-refractivity contribution in [1.29, 1.82) is 0 Å². The fourth-order valence-corrected chi connectivity index (χ4v) is 2.42. The summed E-state index contributed by atoms with van der Waals surface area (Å²) in [4.78, 5) is 9.02. The smallest absolute Gasteiger partial charge is 0.152 e. The Morgan fingerprint density at radius 1 is 0.714 bits per heavy atom. The molecule has 0 saturated heterocycles. The van der Waals surface area contributed by atoms with Crippen LogP contribution in [0.4, 0.5) is 5.82 Å². The first-order chi connectivity index (χ1) is 10.4. The van der Waals surface area contributed by atoms with E-state index in [1.165, 1.54) is 0 Å². The Balaban J connectivity index is 2.20. The zero-order valence-corrected chi connectivity index (χ0v) is 11.2. The minimum absolute atomic E-state index is 0.694. The van der Waals surface area contributed by atoms with E-state index in [-0.39, 0.29) is 0 Å². The van der Waals surface area contributed by atoms with E-state index in [2.05, 4.69) is 4.98 Å². The molecule has 0 spiro atoms. The second-order valence-corrected chi connectivity index (χ2v) is 4.74. The van der Waals surface area contributed by atoms with Crippen LogP contribution in [-0.2, 0) is 0 Å². The van der Waals surface area contributed by atoms with Crippen LogP contribution in [0.25, 0.3) is 21.9 Å². The van der Waals surface area contributed by atoms with E-state index in [1.807, 2.05) is 66.7 Å². The lowest BCUT2D eigenvalue weighted by Gasteiger charge is -2.03. The number of nitrogens with zero attached hydrogens (tertiary/aromatic N) is 2. The third kappa shape index (κ3) is 2.09. The molecule has 0 amide bonds. The van der Waals surface area contributed by atoms with Crippen LogP contribution >= 0.6 is 0 Å². The number of hydrogen-bond acceptors (Lipinski definition) is 3. The average molecular weight is 272 g/mol. The predicted molar refractivity (Wildman–Crippen MR) is 83.2 cm³/mol. The number of benzene rings is 2. The molecule has 0 N–H and O–H groups in total. The number of para-hydroxylation sites is 2. The summed E-state index contributed by atoms with van der Waals surface area (Å²) < 4.78 is 5.94. The van der Waals surface area contributed by atoms with Crippen molar-refractivity contribution in [2.75, 3.05) is 0 Å². The summed E-state index contributed by atoms with van der Waals surface area (Å²) >= 11 is 0. The maximum atomic E-state index is 5.94. The molecule has 0 aliphatic heterocycles. The van der Waals surface area contributed by atoms with Gasteiger partial charge in [0, 0.05) is 17.0 Å². The summed E-state index contributed by atoms with van der Waals surface area (Å²) in [6.45, 7) is 0. The lowest BCUT2D eigenvalue weighted by molar-refractivity contribution is 0.659. The van der Waals surface area contributed by atoms with Crippen LogP contribution in [0.2, 0.25) is 0 Å². The molecule has 0 atom stereocenters. The van der Waals surface area contributed by atoms with Crippen molar-refractivity contribution in [2.45, 2.75) is 0 Å². The SMILES string of the molecule is c1ccc(N=c2c3ccccc3oc3ccccc23)nc1. The van der Waals surface area contributed by atoms with Gasteiger partial charge in [-0.1, -0.05) is 30.3 Å². The van der Waals surface area contributed by atoms with Gasteiger partial charge in [0.05, 0.1) is 5.36 Å². The molecule has 2 aromatic heterocycles. The van der Waals surface area contributed by atoms with E-state index in [1.54, 1.807) is 6.20 Å². The minimum atomic E-state index is 0.694. The maximum absolute atomic E-state index is 5.94. The molecule has 0 saturated carbocycles. The lowest BCUT2D eigenvalue weighted by Crippen LogP contribution is -2.04. The largest absolute Gasteiger partial charge is 0.456 e. The first kappa shape index (κ1) is 11.9. The van der Waals surface area contributed by atoms with Crippen LogP contribution in [0.5, 0.6) is 0 Å². The molecule has 2 heterocycles. The fourth-order valence-electron chi connectivity index (χ4n) is 2.42. The molecule has 100 valence electrons. The van der Waals surface area contributed by atoms with Crippen molar-refractivity contribution in [3.8, 4) is 0 Å². The molecule has 3 heteroatoms. The van der Waals surface area contributed by atoms with E-state index < -0.39 is 0 Å². The van der Waals surface area contributed by atoms with Crippen molar-refractivity contribution in [3.63, 3.8) is 0 Å². The molecule has 0 unspecified atom stereocenters. The van der Waals surface area contributed by atoms with Gasteiger partial charge in [0.15, 0.2) is 5.82 Å². The highest BCUT2D eigenvalue weighted by Crippen LogP contribution is 2.19. The van der Waals surface area contributed by atoms with Crippen molar-refractivity contribution in [1.82, 2.24) is 4.98 Å². The first-order valence-electron chi connectivity index (χ1n) is 6.78. The Morgan fingerprint density at radius 3 is 1.95 bits per heavy atom. The molecule has 0 radical (unpaired) electrons. The summed E-state index contributed by atoms with van der Waals surface area (Å²) in [5.74, 6) is 0.694. The lowest BCUT2D eigenvalue weighted by atomic mass is 10.1. The molecule has 0 fully saturated rings. The van der Waals surface area contributed by atoms with Crippen LogP contribution in [0.15, 0.2) is 82.3 Å². The molecule has 0 aliphatic carbocycles. The number of pyridine rings is 1. The number of rotatable bonds is 1. The fraction of sp³-hybridized carbons (Fsp3) is 0. The summed E-state index contributed by atoms with van der Waals surface area (Å²) in [5, 5.41) is 2.87. The highest BCUT2D eigenvalue weighted by Gasteiger charge is 2.05. The quantitative estimate of drug-likeness (QED) is 0.487. The normalized spacial score (nSPS) is 10.9. The number of aromatic nitrogens is 1. The first-order valence-corrected chi connectivity index (χ1v) is 6.78. The third-order valence-corrected chi connectivity index (χ3v) is 3.38. The van der Waals surface area contributed by atoms with Crippen molar-refractivity contribution < 1.29 is 4.42 Å². The topological polar surface area (TPSA) is 38.4 Å². The Bertz CT molecular complexity index is 931. The average Bonchev–Trinajstić information content (AvgIpc) is 2.55. The summed E-state index contributed by atoms with van der Waals surface area (Å²) in [5.41, 5.74) is 1.65. The van der Waals surface area contributed by atoms with Crippen molar-refractivity contribution >= 4 is 27.8 Å². The van der Waals surface area contributed by atoms with Gasteiger partial charge in [0.1, 0.15) is 11.2 Å². The van der Waals surface area contributed by atoms with Crippen LogP contribution < -0.4 is 5.36 Å². The predicted octanol–water partition coefficient (Wildman–Crippen LogP) is 4.21. The van der Waals surface area contributed by atoms with E-state index in [0.29, 0.717) is 5.82 Å². The van der Waals surface area contributed by atoms with Gasteiger partial charge < -0.3 is 4.42 Å². The van der Waals surface area contributed by atoms with Gasteiger partial charge in [-0.05, 0) is 36.4 Å². The van der Waals surface area contributed by atoms with E-state index >= 15 is 0 Å². The van der Waals surface area contributed by atoms with Gasteiger partial charge in [-0.15, -0.1) is 0 Å². The molecule has 0 aliphatic rings. The minimum Gasteiger partial charge on any atom is -0.456 e. The summed E-state index contributed by atoms with van der Waals surface area (Å²) in [7, 11) is 0. The molecule has 3 nitrogen and oxygen atoms in total.